The first-order valence-electron chi connectivity index (χ1n) is 4.34. The van der Waals surface area contributed by atoms with Crippen molar-refractivity contribution in [1.82, 2.24) is 5.48 Å². The van der Waals surface area contributed by atoms with Crippen LogP contribution in [0.5, 0.6) is 0 Å². The molecular formula is C9H16N2O. The van der Waals surface area contributed by atoms with Gasteiger partial charge in [-0.1, -0.05) is 12.2 Å². The Bertz CT molecular complexity index is 187. The first-order valence-corrected chi connectivity index (χ1v) is 4.34. The summed E-state index contributed by atoms with van der Waals surface area (Å²) in [6, 6.07) is 0. The minimum Gasteiger partial charge on any atom is -0.271 e. The van der Waals surface area contributed by atoms with Crippen LogP contribution in [-0.4, -0.2) is 19.0 Å². The Labute approximate surface area is 73.5 Å². The molecule has 3 heteroatoms. The Hall–Kier alpha value is -0.830. The maximum atomic E-state index is 5.15. The minimum absolute atomic E-state index is 0.555. The van der Waals surface area contributed by atoms with Crippen LogP contribution in [0.15, 0.2) is 17.1 Å². The van der Waals surface area contributed by atoms with E-state index in [1.54, 1.807) is 0 Å². The second-order valence-corrected chi connectivity index (χ2v) is 3.13. The number of rotatable bonds is 3. The van der Waals surface area contributed by atoms with Crippen LogP contribution in [0.1, 0.15) is 26.2 Å². The lowest BCUT2D eigenvalue weighted by atomic mass is 10.2. The van der Waals surface area contributed by atoms with Crippen molar-refractivity contribution in [3.8, 4) is 0 Å². The maximum absolute atomic E-state index is 5.15. The van der Waals surface area contributed by atoms with Gasteiger partial charge in [0.25, 0.3) is 0 Å². The van der Waals surface area contributed by atoms with Gasteiger partial charge >= 0.3 is 0 Å². The number of hydrogen-bond donors (Lipinski definition) is 1. The zero-order valence-electron chi connectivity index (χ0n) is 7.60. The Balaban J connectivity index is 2.13. The van der Waals surface area contributed by atoms with Crippen LogP contribution in [0.25, 0.3) is 0 Å². The van der Waals surface area contributed by atoms with E-state index >= 15 is 0 Å². The second-order valence-electron chi connectivity index (χ2n) is 3.13. The van der Waals surface area contributed by atoms with Crippen molar-refractivity contribution in [3.63, 3.8) is 0 Å². The monoisotopic (exact) mass is 168 g/mol. The van der Waals surface area contributed by atoms with Gasteiger partial charge in [0.05, 0.1) is 6.61 Å². The van der Waals surface area contributed by atoms with E-state index in [0.717, 1.165) is 24.4 Å². The zero-order chi connectivity index (χ0) is 8.81. The van der Waals surface area contributed by atoms with Gasteiger partial charge in [-0.3, -0.25) is 15.3 Å². The highest BCUT2D eigenvalue weighted by Gasteiger charge is 2.03. The van der Waals surface area contributed by atoms with E-state index in [2.05, 4.69) is 17.1 Å². The van der Waals surface area contributed by atoms with Crippen molar-refractivity contribution in [2.75, 3.05) is 13.2 Å². The topological polar surface area (TPSA) is 33.6 Å². The summed E-state index contributed by atoms with van der Waals surface area (Å²) >= 11 is 0. The molecular weight excluding hydrogens is 152 g/mol. The zero-order valence-corrected chi connectivity index (χ0v) is 7.60. The minimum atomic E-state index is 0.555. The summed E-state index contributed by atoms with van der Waals surface area (Å²) < 4.78 is 0. The molecule has 12 heavy (non-hydrogen) atoms. The summed E-state index contributed by atoms with van der Waals surface area (Å²) in [6.07, 6.45) is 3.42. The van der Waals surface area contributed by atoms with Crippen molar-refractivity contribution < 1.29 is 4.84 Å². The van der Waals surface area contributed by atoms with E-state index in [0.29, 0.717) is 6.61 Å². The third kappa shape index (κ3) is 3.53. The SMILES string of the molecule is C=C(C)CONC1=NCCCC1. The van der Waals surface area contributed by atoms with Gasteiger partial charge in [-0.25, -0.2) is 0 Å². The van der Waals surface area contributed by atoms with Crippen LogP contribution < -0.4 is 5.48 Å². The number of amidine groups is 1. The van der Waals surface area contributed by atoms with E-state index in [9.17, 15) is 0 Å². The lowest BCUT2D eigenvalue weighted by Crippen LogP contribution is -2.26. The number of hydroxylamine groups is 1. The normalized spacial score (nSPS) is 16.9. The predicted molar refractivity (Wildman–Crippen MR) is 50.1 cm³/mol. The summed E-state index contributed by atoms with van der Waals surface area (Å²) in [6.45, 7) is 7.15. The molecule has 0 unspecified atom stereocenters. The van der Waals surface area contributed by atoms with E-state index in [1.165, 1.54) is 12.8 Å². The average Bonchev–Trinajstić information content (AvgIpc) is 2.05. The van der Waals surface area contributed by atoms with Crippen LogP contribution in [0.3, 0.4) is 0 Å². The molecule has 0 fully saturated rings. The van der Waals surface area contributed by atoms with Gasteiger partial charge in [0.1, 0.15) is 5.84 Å². The van der Waals surface area contributed by atoms with Gasteiger partial charge in [-0.2, -0.15) is 0 Å². The molecule has 0 aromatic carbocycles. The summed E-state index contributed by atoms with van der Waals surface area (Å²) in [7, 11) is 0. The molecule has 0 radical (unpaired) electrons. The van der Waals surface area contributed by atoms with Crippen molar-refractivity contribution in [3.05, 3.63) is 12.2 Å². The lowest BCUT2D eigenvalue weighted by molar-refractivity contribution is 0.103. The molecule has 1 N–H and O–H groups in total. The van der Waals surface area contributed by atoms with E-state index in [1.807, 2.05) is 6.92 Å². The van der Waals surface area contributed by atoms with Gasteiger partial charge in [0.2, 0.25) is 0 Å². The molecule has 1 aliphatic rings. The Morgan fingerprint density at radius 3 is 3.08 bits per heavy atom. The summed E-state index contributed by atoms with van der Waals surface area (Å²) in [5.74, 6) is 0.975. The molecule has 0 saturated heterocycles. The summed E-state index contributed by atoms with van der Waals surface area (Å²) in [5, 5.41) is 0. The number of hydrogen-bond acceptors (Lipinski definition) is 3. The molecule has 0 saturated carbocycles. The summed E-state index contributed by atoms with van der Waals surface area (Å²) in [5.41, 5.74) is 3.85. The Morgan fingerprint density at radius 2 is 2.50 bits per heavy atom. The standard InChI is InChI=1S/C9H16N2O/c1-8(2)7-12-11-9-5-3-4-6-10-9/h1,3-7H2,2H3,(H,10,11). The van der Waals surface area contributed by atoms with E-state index in [4.69, 9.17) is 4.84 Å². The quantitative estimate of drug-likeness (QED) is 0.513. The van der Waals surface area contributed by atoms with E-state index < -0.39 is 0 Å². The predicted octanol–water partition coefficient (Wildman–Crippen LogP) is 1.67. The fraction of sp³-hybridized carbons (Fsp3) is 0.667. The highest BCUT2D eigenvalue weighted by Crippen LogP contribution is 2.03. The van der Waals surface area contributed by atoms with Crippen LogP contribution in [-0.2, 0) is 4.84 Å². The average molecular weight is 168 g/mol. The van der Waals surface area contributed by atoms with Crippen molar-refractivity contribution in [2.45, 2.75) is 26.2 Å². The van der Waals surface area contributed by atoms with Crippen LogP contribution in [0.2, 0.25) is 0 Å². The highest BCUT2D eigenvalue weighted by molar-refractivity contribution is 5.81. The Kier molecular flexibility index (Phi) is 3.80. The van der Waals surface area contributed by atoms with Crippen LogP contribution >= 0.6 is 0 Å². The highest BCUT2D eigenvalue weighted by atomic mass is 16.6. The molecule has 0 aliphatic carbocycles. The van der Waals surface area contributed by atoms with E-state index in [-0.39, 0.29) is 0 Å². The van der Waals surface area contributed by atoms with Gasteiger partial charge in [0, 0.05) is 13.0 Å². The molecule has 0 atom stereocenters. The van der Waals surface area contributed by atoms with Crippen LogP contribution in [0, 0.1) is 0 Å². The largest absolute Gasteiger partial charge is 0.271 e. The maximum Gasteiger partial charge on any atom is 0.120 e. The molecule has 68 valence electrons. The van der Waals surface area contributed by atoms with Crippen molar-refractivity contribution in [1.29, 1.82) is 0 Å². The first-order chi connectivity index (χ1) is 5.79. The molecule has 0 aromatic rings. The third-order valence-corrected chi connectivity index (χ3v) is 1.63. The molecule has 1 aliphatic heterocycles. The number of aliphatic imine (C=N–C) groups is 1. The molecule has 0 aromatic heterocycles. The Morgan fingerprint density at radius 1 is 1.67 bits per heavy atom. The van der Waals surface area contributed by atoms with Gasteiger partial charge in [0.15, 0.2) is 0 Å². The molecule has 0 spiro atoms. The molecule has 1 heterocycles. The lowest BCUT2D eigenvalue weighted by Gasteiger charge is -2.13. The fourth-order valence-corrected chi connectivity index (χ4v) is 1.02. The summed E-state index contributed by atoms with van der Waals surface area (Å²) in [4.78, 5) is 9.43. The van der Waals surface area contributed by atoms with Gasteiger partial charge in [-0.15, -0.1) is 0 Å². The van der Waals surface area contributed by atoms with Crippen LogP contribution in [0.4, 0.5) is 0 Å². The number of nitrogens with zero attached hydrogens (tertiary/aromatic N) is 1. The molecule has 0 amide bonds. The van der Waals surface area contributed by atoms with Crippen molar-refractivity contribution in [2.24, 2.45) is 4.99 Å². The second kappa shape index (κ2) is 4.93. The smallest absolute Gasteiger partial charge is 0.120 e. The third-order valence-electron chi connectivity index (χ3n) is 1.63. The van der Waals surface area contributed by atoms with Gasteiger partial charge < -0.3 is 0 Å². The fourth-order valence-electron chi connectivity index (χ4n) is 1.02. The first kappa shape index (κ1) is 9.26. The van der Waals surface area contributed by atoms with Gasteiger partial charge in [-0.05, 0) is 19.8 Å². The molecule has 3 nitrogen and oxygen atoms in total. The molecule has 1 rings (SSSR count). The number of nitrogens with one attached hydrogen (secondary N) is 1. The van der Waals surface area contributed by atoms with Crippen molar-refractivity contribution >= 4 is 5.84 Å². The molecule has 0 bridgehead atoms.